The van der Waals surface area contributed by atoms with Gasteiger partial charge in [-0.1, -0.05) is 47.2 Å². The van der Waals surface area contributed by atoms with E-state index in [1.165, 1.54) is 11.3 Å². The summed E-state index contributed by atoms with van der Waals surface area (Å²) >= 11 is 7.37. The van der Waals surface area contributed by atoms with Gasteiger partial charge in [-0.25, -0.2) is 9.67 Å². The van der Waals surface area contributed by atoms with Gasteiger partial charge in [0.2, 0.25) is 4.80 Å². The minimum Gasteiger partial charge on any atom is -0.481 e. The van der Waals surface area contributed by atoms with Gasteiger partial charge in [-0.15, -0.1) is 0 Å². The number of aliphatic carboxylic acids is 1. The average Bonchev–Trinajstić information content (AvgIpc) is 2.89. The van der Waals surface area contributed by atoms with Gasteiger partial charge >= 0.3 is 5.97 Å². The minimum atomic E-state index is -0.861. The van der Waals surface area contributed by atoms with Gasteiger partial charge in [-0.3, -0.25) is 4.79 Å². The van der Waals surface area contributed by atoms with E-state index < -0.39 is 5.97 Å². The standard InChI is InChI=1S/C17H14ClN3O2S/c1-21-17(19-14-4-2-3-11(9-14)10-15(22)23)24-16(20-21)12-5-7-13(18)8-6-12/h2-9H,10H2,1H3,(H,22,23). The molecule has 0 fully saturated rings. The van der Waals surface area contributed by atoms with Crippen molar-refractivity contribution in [3.05, 3.63) is 63.9 Å². The Labute approximate surface area is 147 Å². The molecule has 0 unspecified atom stereocenters. The van der Waals surface area contributed by atoms with E-state index in [0.717, 1.165) is 15.4 Å². The van der Waals surface area contributed by atoms with Crippen molar-refractivity contribution in [2.24, 2.45) is 12.0 Å². The summed E-state index contributed by atoms with van der Waals surface area (Å²) in [4.78, 5) is 16.1. The van der Waals surface area contributed by atoms with E-state index in [9.17, 15) is 4.79 Å². The topological polar surface area (TPSA) is 67.5 Å². The maximum absolute atomic E-state index is 10.8. The third kappa shape index (κ3) is 3.90. The Balaban J connectivity index is 1.96. The van der Waals surface area contributed by atoms with E-state index >= 15 is 0 Å². The first-order valence-corrected chi connectivity index (χ1v) is 8.36. The number of hydrogen-bond donors (Lipinski definition) is 1. The van der Waals surface area contributed by atoms with Crippen LogP contribution in [0.3, 0.4) is 0 Å². The number of aromatic nitrogens is 2. The van der Waals surface area contributed by atoms with Crippen molar-refractivity contribution in [1.29, 1.82) is 0 Å². The molecule has 3 aromatic rings. The molecule has 1 heterocycles. The van der Waals surface area contributed by atoms with Crippen LogP contribution in [0.15, 0.2) is 53.5 Å². The third-order valence-corrected chi connectivity index (χ3v) is 4.59. The molecule has 0 spiro atoms. The molecule has 122 valence electrons. The maximum atomic E-state index is 10.8. The summed E-state index contributed by atoms with van der Waals surface area (Å²) in [5.41, 5.74) is 2.39. The number of halogens is 1. The third-order valence-electron chi connectivity index (χ3n) is 3.29. The molecule has 0 aliphatic carbocycles. The van der Waals surface area contributed by atoms with Crippen LogP contribution in [0.4, 0.5) is 5.69 Å². The highest BCUT2D eigenvalue weighted by molar-refractivity contribution is 7.12. The highest BCUT2D eigenvalue weighted by Crippen LogP contribution is 2.22. The predicted molar refractivity (Wildman–Crippen MR) is 94.5 cm³/mol. The fourth-order valence-electron chi connectivity index (χ4n) is 2.18. The first kappa shape index (κ1) is 16.4. The van der Waals surface area contributed by atoms with Crippen molar-refractivity contribution in [3.8, 4) is 10.6 Å². The van der Waals surface area contributed by atoms with Gasteiger partial charge in [-0.2, -0.15) is 5.10 Å². The largest absolute Gasteiger partial charge is 0.481 e. The molecule has 3 rings (SSSR count). The lowest BCUT2D eigenvalue weighted by atomic mass is 10.1. The number of rotatable bonds is 4. The van der Waals surface area contributed by atoms with Crippen molar-refractivity contribution < 1.29 is 9.90 Å². The lowest BCUT2D eigenvalue weighted by Gasteiger charge is -1.98. The molecule has 0 saturated heterocycles. The number of aryl methyl sites for hydroxylation is 1. The number of carboxylic acid groups (broad SMARTS) is 1. The van der Waals surface area contributed by atoms with Crippen LogP contribution >= 0.6 is 22.9 Å². The number of nitrogens with zero attached hydrogens (tertiary/aromatic N) is 3. The monoisotopic (exact) mass is 359 g/mol. The summed E-state index contributed by atoms with van der Waals surface area (Å²) in [6, 6.07) is 14.7. The maximum Gasteiger partial charge on any atom is 0.307 e. The van der Waals surface area contributed by atoms with Crippen molar-refractivity contribution in [1.82, 2.24) is 9.78 Å². The molecule has 24 heavy (non-hydrogen) atoms. The second-order valence-corrected chi connectivity index (χ2v) is 6.56. The van der Waals surface area contributed by atoms with E-state index in [4.69, 9.17) is 16.7 Å². The van der Waals surface area contributed by atoms with E-state index in [1.807, 2.05) is 37.4 Å². The van der Waals surface area contributed by atoms with Crippen molar-refractivity contribution in [3.63, 3.8) is 0 Å². The van der Waals surface area contributed by atoms with Crippen LogP contribution in [0.25, 0.3) is 10.6 Å². The highest BCUT2D eigenvalue weighted by Gasteiger charge is 2.06. The van der Waals surface area contributed by atoms with E-state index in [0.29, 0.717) is 16.3 Å². The van der Waals surface area contributed by atoms with Gasteiger partial charge in [-0.05, 0) is 29.8 Å². The Morgan fingerprint density at radius 3 is 2.75 bits per heavy atom. The van der Waals surface area contributed by atoms with Crippen molar-refractivity contribution in [2.45, 2.75) is 6.42 Å². The summed E-state index contributed by atoms with van der Waals surface area (Å²) in [5.74, 6) is -0.861. The van der Waals surface area contributed by atoms with Gasteiger partial charge in [0, 0.05) is 17.6 Å². The van der Waals surface area contributed by atoms with Crippen LogP contribution in [0.5, 0.6) is 0 Å². The normalized spacial score (nSPS) is 11.7. The quantitative estimate of drug-likeness (QED) is 0.773. The fourth-order valence-corrected chi connectivity index (χ4v) is 3.22. The number of hydrogen-bond acceptors (Lipinski definition) is 4. The Morgan fingerprint density at radius 1 is 1.29 bits per heavy atom. The molecule has 0 amide bonds. The second-order valence-electron chi connectivity index (χ2n) is 5.17. The molecule has 0 bridgehead atoms. The van der Waals surface area contributed by atoms with Crippen LogP contribution in [0.1, 0.15) is 5.56 Å². The van der Waals surface area contributed by atoms with Gasteiger partial charge in [0.1, 0.15) is 5.01 Å². The first-order chi connectivity index (χ1) is 11.5. The van der Waals surface area contributed by atoms with Crippen molar-refractivity contribution >= 4 is 34.6 Å². The summed E-state index contributed by atoms with van der Waals surface area (Å²) in [5, 5.41) is 14.9. The van der Waals surface area contributed by atoms with Crippen molar-refractivity contribution in [2.75, 3.05) is 0 Å². The van der Waals surface area contributed by atoms with Crippen LogP contribution in [-0.2, 0) is 18.3 Å². The Bertz CT molecular complexity index is 945. The Morgan fingerprint density at radius 2 is 2.04 bits per heavy atom. The van der Waals surface area contributed by atoms with Crippen LogP contribution in [-0.4, -0.2) is 20.9 Å². The smallest absolute Gasteiger partial charge is 0.307 e. The summed E-state index contributed by atoms with van der Waals surface area (Å²) < 4.78 is 1.71. The molecule has 0 aliphatic rings. The molecule has 2 aromatic carbocycles. The number of carboxylic acids is 1. The lowest BCUT2D eigenvalue weighted by molar-refractivity contribution is -0.136. The number of carbonyl (C=O) groups is 1. The molecule has 0 radical (unpaired) electrons. The van der Waals surface area contributed by atoms with E-state index in [2.05, 4.69) is 10.1 Å². The second kappa shape index (κ2) is 6.98. The molecular weight excluding hydrogens is 346 g/mol. The molecule has 5 nitrogen and oxygen atoms in total. The van der Waals surface area contributed by atoms with Crippen LogP contribution in [0.2, 0.25) is 5.02 Å². The minimum absolute atomic E-state index is 0.0196. The average molecular weight is 360 g/mol. The molecule has 1 aromatic heterocycles. The van der Waals surface area contributed by atoms with Crippen LogP contribution in [0, 0.1) is 0 Å². The molecule has 0 saturated carbocycles. The van der Waals surface area contributed by atoms with Gasteiger partial charge in [0.25, 0.3) is 0 Å². The molecule has 7 heteroatoms. The summed E-state index contributed by atoms with van der Waals surface area (Å²) in [6.45, 7) is 0. The van der Waals surface area contributed by atoms with Gasteiger partial charge in [0.15, 0.2) is 0 Å². The lowest BCUT2D eigenvalue weighted by Crippen LogP contribution is -2.10. The fraction of sp³-hybridized carbons (Fsp3) is 0.118. The summed E-state index contributed by atoms with van der Waals surface area (Å²) in [6.07, 6.45) is -0.0196. The zero-order chi connectivity index (χ0) is 17.1. The van der Waals surface area contributed by atoms with Crippen LogP contribution < -0.4 is 4.80 Å². The zero-order valence-corrected chi connectivity index (χ0v) is 14.4. The SMILES string of the molecule is Cn1nc(-c2ccc(Cl)cc2)sc1=Nc1cccc(CC(=O)O)c1. The predicted octanol–water partition coefficient (Wildman–Crippen LogP) is 3.66. The van der Waals surface area contributed by atoms with Gasteiger partial charge in [0.05, 0.1) is 12.1 Å². The molecule has 1 N–H and O–H groups in total. The van der Waals surface area contributed by atoms with E-state index in [-0.39, 0.29) is 6.42 Å². The Hall–Kier alpha value is -2.44. The highest BCUT2D eigenvalue weighted by atomic mass is 35.5. The molecule has 0 atom stereocenters. The molecule has 0 aliphatic heterocycles. The first-order valence-electron chi connectivity index (χ1n) is 7.17. The molecular formula is C17H14ClN3O2S. The summed E-state index contributed by atoms with van der Waals surface area (Å²) in [7, 11) is 1.83. The zero-order valence-electron chi connectivity index (χ0n) is 12.8. The van der Waals surface area contributed by atoms with Gasteiger partial charge < -0.3 is 5.11 Å². The van der Waals surface area contributed by atoms with E-state index in [1.54, 1.807) is 22.9 Å². The number of benzene rings is 2. The Kier molecular flexibility index (Phi) is 4.78.